The molecule has 1 aliphatic rings. The first-order valence-corrected chi connectivity index (χ1v) is 11.2. The second-order valence-electron chi connectivity index (χ2n) is 7.72. The first-order valence-electron chi connectivity index (χ1n) is 10.3. The maximum absolute atomic E-state index is 12.5. The van der Waals surface area contributed by atoms with Crippen LogP contribution in [0.2, 0.25) is 0 Å². The summed E-state index contributed by atoms with van der Waals surface area (Å²) in [4.78, 5) is 19.6. The largest absolute Gasteiger partial charge is 0.379 e. The number of hydrogen-bond acceptors (Lipinski definition) is 5. The zero-order valence-corrected chi connectivity index (χ0v) is 18.3. The van der Waals surface area contributed by atoms with Crippen LogP contribution in [0.25, 0.3) is 10.6 Å². The summed E-state index contributed by atoms with van der Waals surface area (Å²) in [5, 5.41) is 5.95. The minimum Gasteiger partial charge on any atom is -0.379 e. The summed E-state index contributed by atoms with van der Waals surface area (Å²) in [7, 11) is 0. The Hall–Kier alpha value is -2.54. The second-order valence-corrected chi connectivity index (χ2v) is 8.58. The van der Waals surface area contributed by atoms with Crippen molar-refractivity contribution in [3.8, 4) is 10.6 Å². The quantitative estimate of drug-likeness (QED) is 0.639. The molecule has 1 saturated heterocycles. The number of carbonyl (C=O) groups is 1. The lowest BCUT2D eigenvalue weighted by Gasteiger charge is -2.26. The number of amides is 1. The Morgan fingerprint density at radius 1 is 1.10 bits per heavy atom. The van der Waals surface area contributed by atoms with Crippen LogP contribution in [-0.2, 0) is 22.5 Å². The average Bonchev–Trinajstić information content (AvgIpc) is 3.20. The standard InChI is InChI=1S/C24H27N3O2S/c1-17-4-3-5-18(2)23(17)26-22(28)14-21-16-30-24(25-21)20-8-6-19(7-9-20)15-27-10-12-29-13-11-27/h3-9,16H,10-15H2,1-2H3,(H,26,28). The Kier molecular flexibility index (Phi) is 6.57. The van der Waals surface area contributed by atoms with Gasteiger partial charge < -0.3 is 10.1 Å². The van der Waals surface area contributed by atoms with E-state index in [0.717, 1.165) is 65.9 Å². The van der Waals surface area contributed by atoms with Gasteiger partial charge in [0, 0.05) is 36.3 Å². The maximum Gasteiger partial charge on any atom is 0.230 e. The Morgan fingerprint density at radius 3 is 2.50 bits per heavy atom. The van der Waals surface area contributed by atoms with E-state index >= 15 is 0 Å². The highest BCUT2D eigenvalue weighted by molar-refractivity contribution is 7.13. The van der Waals surface area contributed by atoms with Gasteiger partial charge in [0.2, 0.25) is 5.91 Å². The fraction of sp³-hybridized carbons (Fsp3) is 0.333. The van der Waals surface area contributed by atoms with Gasteiger partial charge in [-0.05, 0) is 30.5 Å². The number of morpholine rings is 1. The minimum atomic E-state index is -0.0369. The van der Waals surface area contributed by atoms with Crippen molar-refractivity contribution in [3.63, 3.8) is 0 Å². The normalized spacial score (nSPS) is 14.6. The average molecular weight is 422 g/mol. The number of anilines is 1. The van der Waals surface area contributed by atoms with E-state index in [1.807, 2.05) is 37.4 Å². The third-order valence-electron chi connectivity index (χ3n) is 5.35. The number of hydrogen-bond donors (Lipinski definition) is 1. The van der Waals surface area contributed by atoms with Gasteiger partial charge in [-0.1, -0.05) is 42.5 Å². The van der Waals surface area contributed by atoms with Crippen LogP contribution < -0.4 is 5.32 Å². The summed E-state index contributed by atoms with van der Waals surface area (Å²) in [5.74, 6) is -0.0369. The van der Waals surface area contributed by atoms with Gasteiger partial charge in [-0.3, -0.25) is 9.69 Å². The molecule has 2 aromatic carbocycles. The molecule has 2 heterocycles. The molecule has 4 rings (SSSR count). The molecule has 0 radical (unpaired) electrons. The van der Waals surface area contributed by atoms with Crippen molar-refractivity contribution >= 4 is 22.9 Å². The van der Waals surface area contributed by atoms with E-state index in [-0.39, 0.29) is 12.3 Å². The number of carbonyl (C=O) groups excluding carboxylic acids is 1. The zero-order chi connectivity index (χ0) is 20.9. The van der Waals surface area contributed by atoms with Crippen LogP contribution in [0.1, 0.15) is 22.4 Å². The van der Waals surface area contributed by atoms with Crippen LogP contribution >= 0.6 is 11.3 Å². The fourth-order valence-corrected chi connectivity index (χ4v) is 4.48. The van der Waals surface area contributed by atoms with Crippen molar-refractivity contribution in [2.45, 2.75) is 26.8 Å². The van der Waals surface area contributed by atoms with Gasteiger partial charge in [-0.25, -0.2) is 4.98 Å². The Balaban J connectivity index is 1.37. The highest BCUT2D eigenvalue weighted by Gasteiger charge is 2.13. The van der Waals surface area contributed by atoms with Gasteiger partial charge in [0.15, 0.2) is 0 Å². The summed E-state index contributed by atoms with van der Waals surface area (Å²) in [6.45, 7) is 8.57. The number of benzene rings is 2. The number of nitrogens with zero attached hydrogens (tertiary/aromatic N) is 2. The molecule has 0 spiro atoms. The van der Waals surface area contributed by atoms with Crippen LogP contribution in [0.15, 0.2) is 47.8 Å². The number of aryl methyl sites for hydroxylation is 2. The predicted molar refractivity (Wildman–Crippen MR) is 122 cm³/mol. The number of rotatable bonds is 6. The molecule has 0 atom stereocenters. The number of thiazole rings is 1. The molecule has 156 valence electrons. The smallest absolute Gasteiger partial charge is 0.230 e. The molecule has 3 aromatic rings. The maximum atomic E-state index is 12.5. The van der Waals surface area contributed by atoms with Crippen LogP contribution in [0, 0.1) is 13.8 Å². The number of nitrogens with one attached hydrogen (secondary N) is 1. The molecule has 1 amide bonds. The van der Waals surface area contributed by atoms with E-state index in [0.29, 0.717) is 0 Å². The number of para-hydroxylation sites is 1. The highest BCUT2D eigenvalue weighted by Crippen LogP contribution is 2.25. The van der Waals surface area contributed by atoms with Crippen molar-refractivity contribution in [2.24, 2.45) is 0 Å². The van der Waals surface area contributed by atoms with Crippen molar-refractivity contribution in [3.05, 3.63) is 70.2 Å². The lowest BCUT2D eigenvalue weighted by molar-refractivity contribution is -0.115. The summed E-state index contributed by atoms with van der Waals surface area (Å²) in [5.41, 5.74) is 6.22. The van der Waals surface area contributed by atoms with E-state index in [1.54, 1.807) is 11.3 Å². The van der Waals surface area contributed by atoms with Crippen LogP contribution in [0.4, 0.5) is 5.69 Å². The van der Waals surface area contributed by atoms with Crippen molar-refractivity contribution in [2.75, 3.05) is 31.6 Å². The number of aromatic nitrogens is 1. The Bertz CT molecular complexity index is 987. The summed E-state index contributed by atoms with van der Waals surface area (Å²) < 4.78 is 5.41. The molecule has 0 aliphatic carbocycles. The van der Waals surface area contributed by atoms with Gasteiger partial charge in [0.05, 0.1) is 25.3 Å². The topological polar surface area (TPSA) is 54.5 Å². The first kappa shape index (κ1) is 20.7. The van der Waals surface area contributed by atoms with E-state index in [1.165, 1.54) is 5.56 Å². The van der Waals surface area contributed by atoms with Gasteiger partial charge in [-0.2, -0.15) is 0 Å². The number of ether oxygens (including phenoxy) is 1. The predicted octanol–water partition coefficient (Wildman–Crippen LogP) is 4.44. The Labute approximate surface area is 181 Å². The molecule has 0 unspecified atom stereocenters. The molecular weight excluding hydrogens is 394 g/mol. The third kappa shape index (κ3) is 5.14. The molecule has 6 heteroatoms. The summed E-state index contributed by atoms with van der Waals surface area (Å²) in [6, 6.07) is 14.6. The SMILES string of the molecule is Cc1cccc(C)c1NC(=O)Cc1csc(-c2ccc(CN3CCOCC3)cc2)n1. The fourth-order valence-electron chi connectivity index (χ4n) is 3.65. The van der Waals surface area contributed by atoms with Gasteiger partial charge in [0.25, 0.3) is 0 Å². The molecule has 0 bridgehead atoms. The minimum absolute atomic E-state index is 0.0369. The van der Waals surface area contributed by atoms with E-state index in [2.05, 4.69) is 39.5 Å². The molecule has 30 heavy (non-hydrogen) atoms. The monoisotopic (exact) mass is 421 g/mol. The van der Waals surface area contributed by atoms with Crippen molar-refractivity contribution in [1.82, 2.24) is 9.88 Å². The lowest BCUT2D eigenvalue weighted by atomic mass is 10.1. The van der Waals surface area contributed by atoms with Crippen LogP contribution in [0.5, 0.6) is 0 Å². The van der Waals surface area contributed by atoms with E-state index < -0.39 is 0 Å². The second kappa shape index (κ2) is 9.51. The Morgan fingerprint density at radius 2 is 1.80 bits per heavy atom. The van der Waals surface area contributed by atoms with Crippen molar-refractivity contribution in [1.29, 1.82) is 0 Å². The molecule has 5 nitrogen and oxygen atoms in total. The summed E-state index contributed by atoms with van der Waals surface area (Å²) in [6.07, 6.45) is 0.277. The first-order chi connectivity index (χ1) is 14.6. The third-order valence-corrected chi connectivity index (χ3v) is 6.29. The van der Waals surface area contributed by atoms with Crippen LogP contribution in [0.3, 0.4) is 0 Å². The molecule has 1 fully saturated rings. The molecule has 1 N–H and O–H groups in total. The van der Waals surface area contributed by atoms with Gasteiger partial charge in [-0.15, -0.1) is 11.3 Å². The molecule has 1 aliphatic heterocycles. The van der Waals surface area contributed by atoms with Gasteiger partial charge in [0.1, 0.15) is 5.01 Å². The molecule has 1 aromatic heterocycles. The van der Waals surface area contributed by atoms with E-state index in [4.69, 9.17) is 4.74 Å². The summed E-state index contributed by atoms with van der Waals surface area (Å²) >= 11 is 1.58. The lowest BCUT2D eigenvalue weighted by Crippen LogP contribution is -2.35. The highest BCUT2D eigenvalue weighted by atomic mass is 32.1. The van der Waals surface area contributed by atoms with E-state index in [9.17, 15) is 4.79 Å². The molecular formula is C24H27N3O2S. The van der Waals surface area contributed by atoms with Gasteiger partial charge >= 0.3 is 0 Å². The zero-order valence-electron chi connectivity index (χ0n) is 17.5. The van der Waals surface area contributed by atoms with Crippen molar-refractivity contribution < 1.29 is 9.53 Å². The van der Waals surface area contributed by atoms with Crippen LogP contribution in [-0.4, -0.2) is 42.1 Å². The molecule has 0 saturated carbocycles.